The molecule has 0 fully saturated rings. The fourth-order valence-electron chi connectivity index (χ4n) is 1.39. The highest BCUT2D eigenvalue weighted by Gasteiger charge is 2.01. The molecule has 2 heterocycles. The summed E-state index contributed by atoms with van der Waals surface area (Å²) in [6.07, 6.45) is 3.67. The van der Waals surface area contributed by atoms with E-state index in [9.17, 15) is 0 Å². The van der Waals surface area contributed by atoms with Gasteiger partial charge in [-0.05, 0) is 13.0 Å². The smallest absolute Gasteiger partial charge is 0.0865 e. The summed E-state index contributed by atoms with van der Waals surface area (Å²) in [5.74, 6) is 0. The number of aromatic nitrogens is 3. The van der Waals surface area contributed by atoms with E-state index in [4.69, 9.17) is 5.73 Å². The lowest BCUT2D eigenvalue weighted by atomic mass is 10.3. The zero-order valence-electron chi connectivity index (χ0n) is 7.57. The van der Waals surface area contributed by atoms with E-state index in [1.54, 1.807) is 0 Å². The zero-order valence-corrected chi connectivity index (χ0v) is 7.57. The summed E-state index contributed by atoms with van der Waals surface area (Å²) in [7, 11) is 0. The first-order chi connectivity index (χ1) is 6.35. The van der Waals surface area contributed by atoms with Crippen molar-refractivity contribution >= 4 is 10.9 Å². The normalized spacial score (nSPS) is 10.9. The van der Waals surface area contributed by atoms with E-state index >= 15 is 0 Å². The Balaban J connectivity index is 2.61. The van der Waals surface area contributed by atoms with Gasteiger partial charge in [0.1, 0.15) is 0 Å². The number of fused-ring (bicyclic) bond motifs is 1. The molecule has 2 N–H and O–H groups in total. The third kappa shape index (κ3) is 1.29. The molecule has 0 aliphatic heterocycles. The van der Waals surface area contributed by atoms with Crippen LogP contribution in [0.4, 0.5) is 0 Å². The van der Waals surface area contributed by atoms with Gasteiger partial charge in [0.2, 0.25) is 0 Å². The van der Waals surface area contributed by atoms with E-state index in [2.05, 4.69) is 17.0 Å². The quantitative estimate of drug-likeness (QED) is 0.740. The molecule has 0 aliphatic rings. The number of nitrogens with two attached hydrogens (primary N) is 1. The van der Waals surface area contributed by atoms with E-state index in [1.807, 2.05) is 23.1 Å². The lowest BCUT2D eigenvalue weighted by molar-refractivity contribution is 0.683. The van der Waals surface area contributed by atoms with Gasteiger partial charge in [-0.15, -0.1) is 0 Å². The maximum Gasteiger partial charge on any atom is 0.0865 e. The molecule has 0 spiro atoms. The summed E-state index contributed by atoms with van der Waals surface area (Å²) in [6.45, 7) is 3.41. The number of rotatable bonds is 2. The topological polar surface area (TPSA) is 56.7 Å². The van der Waals surface area contributed by atoms with Crippen molar-refractivity contribution in [3.8, 4) is 0 Å². The minimum atomic E-state index is 0.479. The molecule has 0 aromatic carbocycles. The minimum absolute atomic E-state index is 0.479. The standard InChI is InChI=1S/C9H12N4/c1-2-13-9-6-11-8(4-10)3-7(9)5-12-13/h3,5-6H,2,4,10H2,1H3. The van der Waals surface area contributed by atoms with Crippen LogP contribution >= 0.6 is 0 Å². The molecule has 0 amide bonds. The second kappa shape index (κ2) is 3.14. The zero-order chi connectivity index (χ0) is 9.26. The van der Waals surface area contributed by atoms with Crippen LogP contribution in [0.3, 0.4) is 0 Å². The Labute approximate surface area is 76.4 Å². The molecule has 0 bridgehead atoms. The Kier molecular flexibility index (Phi) is 1.98. The first-order valence-electron chi connectivity index (χ1n) is 4.35. The van der Waals surface area contributed by atoms with Gasteiger partial charge in [0.15, 0.2) is 0 Å². The van der Waals surface area contributed by atoms with Crippen molar-refractivity contribution in [1.29, 1.82) is 0 Å². The Morgan fingerprint density at radius 1 is 1.46 bits per heavy atom. The Morgan fingerprint density at radius 3 is 3.00 bits per heavy atom. The molecule has 2 aromatic heterocycles. The predicted molar refractivity (Wildman–Crippen MR) is 51.1 cm³/mol. The van der Waals surface area contributed by atoms with E-state index in [-0.39, 0.29) is 0 Å². The second-order valence-corrected chi connectivity index (χ2v) is 2.90. The van der Waals surface area contributed by atoms with Crippen molar-refractivity contribution in [3.05, 3.63) is 24.2 Å². The molecular formula is C9H12N4. The molecule has 2 aromatic rings. The van der Waals surface area contributed by atoms with E-state index < -0.39 is 0 Å². The molecule has 0 unspecified atom stereocenters. The Hall–Kier alpha value is -1.42. The molecule has 0 saturated heterocycles. The van der Waals surface area contributed by atoms with E-state index in [0.29, 0.717) is 6.54 Å². The maximum absolute atomic E-state index is 5.49. The third-order valence-corrected chi connectivity index (χ3v) is 2.09. The SMILES string of the molecule is CCn1ncc2cc(CN)ncc21. The van der Waals surface area contributed by atoms with Gasteiger partial charge < -0.3 is 5.73 Å². The monoisotopic (exact) mass is 176 g/mol. The molecule has 2 rings (SSSR count). The number of hydrogen-bond donors (Lipinski definition) is 1. The van der Waals surface area contributed by atoms with Gasteiger partial charge in [0.25, 0.3) is 0 Å². The lowest BCUT2D eigenvalue weighted by Crippen LogP contribution is -2.00. The van der Waals surface area contributed by atoms with Crippen LogP contribution in [0.1, 0.15) is 12.6 Å². The van der Waals surface area contributed by atoms with Crippen LogP contribution in [-0.2, 0) is 13.1 Å². The fraction of sp³-hybridized carbons (Fsp3) is 0.333. The molecule has 0 radical (unpaired) electrons. The average Bonchev–Trinajstić information content (AvgIpc) is 2.59. The van der Waals surface area contributed by atoms with E-state index in [0.717, 1.165) is 23.1 Å². The fourth-order valence-corrected chi connectivity index (χ4v) is 1.39. The van der Waals surface area contributed by atoms with Gasteiger partial charge >= 0.3 is 0 Å². The summed E-state index contributed by atoms with van der Waals surface area (Å²) in [4.78, 5) is 4.22. The van der Waals surface area contributed by atoms with Gasteiger partial charge in [-0.3, -0.25) is 9.67 Å². The highest BCUT2D eigenvalue weighted by molar-refractivity contribution is 5.77. The van der Waals surface area contributed by atoms with Crippen molar-refractivity contribution in [3.63, 3.8) is 0 Å². The van der Waals surface area contributed by atoms with Crippen molar-refractivity contribution < 1.29 is 0 Å². The minimum Gasteiger partial charge on any atom is -0.325 e. The van der Waals surface area contributed by atoms with Crippen LogP contribution in [0.15, 0.2) is 18.5 Å². The summed E-state index contributed by atoms with van der Waals surface area (Å²) in [5, 5.41) is 5.33. The van der Waals surface area contributed by atoms with Gasteiger partial charge in [-0.1, -0.05) is 0 Å². The van der Waals surface area contributed by atoms with Gasteiger partial charge in [0, 0.05) is 18.5 Å². The van der Waals surface area contributed by atoms with Crippen LogP contribution < -0.4 is 5.73 Å². The number of hydrogen-bond acceptors (Lipinski definition) is 3. The van der Waals surface area contributed by atoms with Gasteiger partial charge in [0.05, 0.1) is 23.6 Å². The Morgan fingerprint density at radius 2 is 2.31 bits per heavy atom. The highest BCUT2D eigenvalue weighted by atomic mass is 15.3. The lowest BCUT2D eigenvalue weighted by Gasteiger charge is -1.98. The summed E-state index contributed by atoms with van der Waals surface area (Å²) in [5.41, 5.74) is 7.47. The van der Waals surface area contributed by atoms with Gasteiger partial charge in [-0.2, -0.15) is 5.10 Å². The van der Waals surface area contributed by atoms with Crippen molar-refractivity contribution in [2.24, 2.45) is 5.73 Å². The van der Waals surface area contributed by atoms with Crippen molar-refractivity contribution in [1.82, 2.24) is 14.8 Å². The first-order valence-corrected chi connectivity index (χ1v) is 4.35. The van der Waals surface area contributed by atoms with E-state index in [1.165, 1.54) is 0 Å². The van der Waals surface area contributed by atoms with Crippen LogP contribution in [0.5, 0.6) is 0 Å². The highest BCUT2D eigenvalue weighted by Crippen LogP contribution is 2.12. The Bertz CT molecular complexity index is 418. The molecule has 0 atom stereocenters. The van der Waals surface area contributed by atoms with Crippen molar-refractivity contribution in [2.45, 2.75) is 20.0 Å². The third-order valence-electron chi connectivity index (χ3n) is 2.09. The predicted octanol–water partition coefficient (Wildman–Crippen LogP) is 0.910. The molecule has 13 heavy (non-hydrogen) atoms. The molecule has 0 saturated carbocycles. The van der Waals surface area contributed by atoms with Crippen LogP contribution in [0.2, 0.25) is 0 Å². The second-order valence-electron chi connectivity index (χ2n) is 2.90. The molecule has 68 valence electrons. The summed E-state index contributed by atoms with van der Waals surface area (Å²) >= 11 is 0. The number of nitrogens with zero attached hydrogens (tertiary/aromatic N) is 3. The number of pyridine rings is 1. The first kappa shape index (κ1) is 8.19. The van der Waals surface area contributed by atoms with Crippen LogP contribution in [0, 0.1) is 0 Å². The molecule has 4 nitrogen and oxygen atoms in total. The summed E-state index contributed by atoms with van der Waals surface area (Å²) in [6, 6.07) is 1.98. The van der Waals surface area contributed by atoms with Crippen molar-refractivity contribution in [2.75, 3.05) is 0 Å². The summed E-state index contributed by atoms with van der Waals surface area (Å²) < 4.78 is 1.92. The van der Waals surface area contributed by atoms with Gasteiger partial charge in [-0.25, -0.2) is 0 Å². The van der Waals surface area contributed by atoms with Crippen LogP contribution in [0.25, 0.3) is 10.9 Å². The maximum atomic E-state index is 5.49. The van der Waals surface area contributed by atoms with Crippen LogP contribution in [-0.4, -0.2) is 14.8 Å². The molecule has 0 aliphatic carbocycles. The molecule has 4 heteroatoms. The number of aryl methyl sites for hydroxylation is 1. The average molecular weight is 176 g/mol. The molecular weight excluding hydrogens is 164 g/mol. The largest absolute Gasteiger partial charge is 0.325 e.